The maximum absolute atomic E-state index is 5.77. The van der Waals surface area contributed by atoms with E-state index in [9.17, 15) is 0 Å². The number of rotatable bonds is 2. The summed E-state index contributed by atoms with van der Waals surface area (Å²) in [4.78, 5) is 0. The summed E-state index contributed by atoms with van der Waals surface area (Å²) in [6.45, 7) is 0.500. The lowest BCUT2D eigenvalue weighted by molar-refractivity contribution is 0.733. The lowest BCUT2D eigenvalue weighted by Gasteiger charge is -2.10. The van der Waals surface area contributed by atoms with Crippen LogP contribution in [0.3, 0.4) is 0 Å². The average molecular weight is 262 g/mol. The van der Waals surface area contributed by atoms with Crippen LogP contribution in [0.5, 0.6) is 0 Å². The Hall–Kier alpha value is -0.130. The van der Waals surface area contributed by atoms with Crippen LogP contribution in [0.1, 0.15) is 11.6 Å². The zero-order valence-corrected chi connectivity index (χ0v) is 8.28. The number of benzene rings is 1. The molecule has 0 fully saturated rings. The first kappa shape index (κ1) is 8.96. The van der Waals surface area contributed by atoms with Crippen LogP contribution >= 0.6 is 22.6 Å². The van der Waals surface area contributed by atoms with E-state index in [1.54, 1.807) is 0 Å². The third-order valence-electron chi connectivity index (χ3n) is 1.56. The highest BCUT2D eigenvalue weighted by Gasteiger charge is 2.05. The summed E-state index contributed by atoms with van der Waals surface area (Å²) in [5.74, 6) is 0. The van der Waals surface area contributed by atoms with Crippen molar-refractivity contribution in [3.8, 4) is 0 Å². The molecule has 0 saturated heterocycles. The van der Waals surface area contributed by atoms with Crippen LogP contribution in [-0.2, 0) is 0 Å². The number of nitrogens with two attached hydrogens (primary N) is 2. The molecule has 1 atom stereocenters. The van der Waals surface area contributed by atoms with E-state index in [0.717, 1.165) is 5.56 Å². The fourth-order valence-corrected chi connectivity index (χ4v) is 1.69. The highest BCUT2D eigenvalue weighted by molar-refractivity contribution is 14.1. The van der Waals surface area contributed by atoms with Crippen molar-refractivity contribution in [3.05, 3.63) is 33.4 Å². The normalized spacial score (nSPS) is 13.0. The molecule has 0 saturated carbocycles. The molecule has 0 bridgehead atoms. The van der Waals surface area contributed by atoms with Gasteiger partial charge in [-0.1, -0.05) is 18.2 Å². The summed E-state index contributed by atoms with van der Waals surface area (Å²) >= 11 is 2.26. The van der Waals surface area contributed by atoms with Gasteiger partial charge in [-0.15, -0.1) is 0 Å². The lowest BCUT2D eigenvalue weighted by Crippen LogP contribution is -2.21. The van der Waals surface area contributed by atoms with Crippen molar-refractivity contribution in [2.45, 2.75) is 6.04 Å². The Labute approximate surface area is 80.1 Å². The van der Waals surface area contributed by atoms with E-state index in [0.29, 0.717) is 6.54 Å². The van der Waals surface area contributed by atoms with Gasteiger partial charge in [0.1, 0.15) is 0 Å². The summed E-state index contributed by atoms with van der Waals surface area (Å²) in [7, 11) is 0. The molecule has 1 aromatic rings. The van der Waals surface area contributed by atoms with Crippen LogP contribution in [0.2, 0.25) is 0 Å². The summed E-state index contributed by atoms with van der Waals surface area (Å²) in [6.07, 6.45) is 0. The van der Waals surface area contributed by atoms with Crippen LogP contribution in [0, 0.1) is 3.57 Å². The topological polar surface area (TPSA) is 52.0 Å². The molecule has 0 aliphatic carbocycles. The Morgan fingerprint density at radius 3 is 2.55 bits per heavy atom. The molecule has 1 rings (SSSR count). The summed E-state index contributed by atoms with van der Waals surface area (Å²) in [6, 6.07) is 8.00. The zero-order valence-electron chi connectivity index (χ0n) is 6.13. The van der Waals surface area contributed by atoms with E-state index in [1.807, 2.05) is 24.3 Å². The van der Waals surface area contributed by atoms with Crippen LogP contribution < -0.4 is 11.5 Å². The minimum Gasteiger partial charge on any atom is -0.329 e. The van der Waals surface area contributed by atoms with Gasteiger partial charge in [-0.3, -0.25) is 0 Å². The van der Waals surface area contributed by atoms with Crippen LogP contribution in [0.15, 0.2) is 24.3 Å². The molecule has 0 aromatic heterocycles. The molecule has 60 valence electrons. The number of hydrogen-bond acceptors (Lipinski definition) is 2. The van der Waals surface area contributed by atoms with Crippen LogP contribution in [-0.4, -0.2) is 6.54 Å². The third-order valence-corrected chi connectivity index (χ3v) is 2.54. The number of halogens is 1. The third kappa shape index (κ3) is 2.15. The molecular weight excluding hydrogens is 251 g/mol. The molecule has 0 amide bonds. The Morgan fingerprint density at radius 1 is 1.36 bits per heavy atom. The second-order valence-corrected chi connectivity index (χ2v) is 3.53. The van der Waals surface area contributed by atoms with Crippen molar-refractivity contribution in [3.63, 3.8) is 0 Å². The largest absolute Gasteiger partial charge is 0.329 e. The second kappa shape index (κ2) is 4.04. The van der Waals surface area contributed by atoms with Crippen molar-refractivity contribution < 1.29 is 0 Å². The van der Waals surface area contributed by atoms with Gasteiger partial charge in [0.15, 0.2) is 0 Å². The van der Waals surface area contributed by atoms with Crippen LogP contribution in [0.4, 0.5) is 0 Å². The van der Waals surface area contributed by atoms with E-state index in [4.69, 9.17) is 11.5 Å². The average Bonchev–Trinajstić information content (AvgIpc) is 2.04. The molecule has 3 heteroatoms. The monoisotopic (exact) mass is 262 g/mol. The molecule has 4 N–H and O–H groups in total. The minimum atomic E-state index is -0.0249. The Kier molecular flexibility index (Phi) is 3.29. The summed E-state index contributed by atoms with van der Waals surface area (Å²) in [5.41, 5.74) is 12.3. The molecule has 2 nitrogen and oxygen atoms in total. The standard InChI is InChI=1S/C8H11IN2/c9-7-4-2-1-3-6(7)8(11)5-10/h1-4,8H,5,10-11H2. The van der Waals surface area contributed by atoms with Gasteiger partial charge < -0.3 is 11.5 Å². The van der Waals surface area contributed by atoms with Gasteiger partial charge in [-0.25, -0.2) is 0 Å². The molecule has 0 aliphatic heterocycles. The fourth-order valence-electron chi connectivity index (χ4n) is 0.903. The first-order valence-electron chi connectivity index (χ1n) is 3.45. The minimum absolute atomic E-state index is 0.0249. The van der Waals surface area contributed by atoms with E-state index in [1.165, 1.54) is 3.57 Å². The Balaban J connectivity index is 2.93. The Morgan fingerprint density at radius 2 is 2.00 bits per heavy atom. The van der Waals surface area contributed by atoms with E-state index in [2.05, 4.69) is 22.6 Å². The van der Waals surface area contributed by atoms with Crippen molar-refractivity contribution in [2.75, 3.05) is 6.54 Å². The fraction of sp³-hybridized carbons (Fsp3) is 0.250. The maximum atomic E-state index is 5.77. The molecular formula is C8H11IN2. The van der Waals surface area contributed by atoms with Gasteiger partial charge in [0.05, 0.1) is 0 Å². The summed E-state index contributed by atoms with van der Waals surface area (Å²) < 4.78 is 1.18. The second-order valence-electron chi connectivity index (χ2n) is 2.36. The van der Waals surface area contributed by atoms with Gasteiger partial charge in [0.25, 0.3) is 0 Å². The van der Waals surface area contributed by atoms with E-state index >= 15 is 0 Å². The molecule has 0 spiro atoms. The quantitative estimate of drug-likeness (QED) is 0.788. The van der Waals surface area contributed by atoms with Crippen molar-refractivity contribution >= 4 is 22.6 Å². The van der Waals surface area contributed by atoms with Crippen LogP contribution in [0.25, 0.3) is 0 Å². The van der Waals surface area contributed by atoms with Gasteiger partial charge in [-0.2, -0.15) is 0 Å². The van der Waals surface area contributed by atoms with Gasteiger partial charge in [0, 0.05) is 16.2 Å². The SMILES string of the molecule is NCC(N)c1ccccc1I. The lowest BCUT2D eigenvalue weighted by atomic mass is 10.1. The van der Waals surface area contributed by atoms with Crippen molar-refractivity contribution in [1.29, 1.82) is 0 Å². The van der Waals surface area contributed by atoms with E-state index < -0.39 is 0 Å². The number of hydrogen-bond donors (Lipinski definition) is 2. The Bertz CT molecular complexity index is 237. The molecule has 11 heavy (non-hydrogen) atoms. The molecule has 0 radical (unpaired) electrons. The van der Waals surface area contributed by atoms with Crippen molar-refractivity contribution in [2.24, 2.45) is 11.5 Å². The zero-order chi connectivity index (χ0) is 8.27. The first-order chi connectivity index (χ1) is 5.25. The highest BCUT2D eigenvalue weighted by Crippen LogP contribution is 2.16. The molecule has 0 aliphatic rings. The maximum Gasteiger partial charge on any atom is 0.0430 e. The highest BCUT2D eigenvalue weighted by atomic mass is 127. The van der Waals surface area contributed by atoms with Gasteiger partial charge >= 0.3 is 0 Å². The summed E-state index contributed by atoms with van der Waals surface area (Å²) in [5, 5.41) is 0. The van der Waals surface area contributed by atoms with Crippen molar-refractivity contribution in [1.82, 2.24) is 0 Å². The van der Waals surface area contributed by atoms with Gasteiger partial charge in [0.2, 0.25) is 0 Å². The molecule has 0 heterocycles. The van der Waals surface area contributed by atoms with Gasteiger partial charge in [-0.05, 0) is 34.2 Å². The predicted molar refractivity (Wildman–Crippen MR) is 55.1 cm³/mol. The predicted octanol–water partition coefficient (Wildman–Crippen LogP) is 1.25. The first-order valence-corrected chi connectivity index (χ1v) is 4.53. The molecule has 1 aromatic carbocycles. The molecule has 1 unspecified atom stereocenters. The smallest absolute Gasteiger partial charge is 0.0430 e. The van der Waals surface area contributed by atoms with E-state index in [-0.39, 0.29) is 6.04 Å².